The molecule has 1 aromatic carbocycles. The largest absolute Gasteiger partial charge is 0.414 e. The number of nitrogens with zero attached hydrogens (tertiary/aromatic N) is 1. The van der Waals surface area contributed by atoms with Crippen LogP contribution in [0.2, 0.25) is 0 Å². The van der Waals surface area contributed by atoms with Gasteiger partial charge in [0.2, 0.25) is 0 Å². The third kappa shape index (κ3) is 2.45. The number of ether oxygens (including phenoxy) is 1. The fourth-order valence-corrected chi connectivity index (χ4v) is 0.873. The molecule has 0 fully saturated rings. The summed E-state index contributed by atoms with van der Waals surface area (Å²) in [6, 6.07) is 4.17. The molecule has 0 bridgehead atoms. The Balaban J connectivity index is 2.78. The second-order valence-electron chi connectivity index (χ2n) is 3.17. The molecule has 0 atom stereocenters. The van der Waals surface area contributed by atoms with E-state index in [1.54, 1.807) is 21.0 Å². The number of halogens is 1. The number of aryl methyl sites for hydroxylation is 1. The Morgan fingerprint density at radius 2 is 2.07 bits per heavy atom. The van der Waals surface area contributed by atoms with Crippen LogP contribution < -0.4 is 4.74 Å². The highest BCUT2D eigenvalue weighted by atomic mass is 19.1. The van der Waals surface area contributed by atoms with Crippen LogP contribution in [-0.4, -0.2) is 25.1 Å². The smallest absolute Gasteiger partial charge is 0.410 e. The van der Waals surface area contributed by atoms with E-state index in [0.29, 0.717) is 11.3 Å². The molecule has 3 nitrogen and oxygen atoms in total. The van der Waals surface area contributed by atoms with E-state index in [2.05, 4.69) is 0 Å². The molecule has 14 heavy (non-hydrogen) atoms. The molecule has 0 aromatic heterocycles. The molecule has 0 saturated carbocycles. The van der Waals surface area contributed by atoms with Crippen LogP contribution in [0.4, 0.5) is 9.18 Å². The molecule has 0 heterocycles. The van der Waals surface area contributed by atoms with Crippen LogP contribution in [0.1, 0.15) is 5.56 Å². The number of hydrogen-bond donors (Lipinski definition) is 0. The minimum absolute atomic E-state index is 0.311. The Kier molecular flexibility index (Phi) is 3.06. The first kappa shape index (κ1) is 10.5. The predicted molar refractivity (Wildman–Crippen MR) is 50.8 cm³/mol. The summed E-state index contributed by atoms with van der Waals surface area (Å²) in [5.41, 5.74) is 0.453. The van der Waals surface area contributed by atoms with Crippen molar-refractivity contribution in [1.82, 2.24) is 4.90 Å². The molecule has 0 spiro atoms. The van der Waals surface area contributed by atoms with Gasteiger partial charge in [0.1, 0.15) is 11.6 Å². The number of carbonyl (C=O) groups excluding carboxylic acids is 1. The van der Waals surface area contributed by atoms with Crippen LogP contribution in [0.15, 0.2) is 18.2 Å². The highest BCUT2D eigenvalue weighted by Gasteiger charge is 2.07. The fraction of sp³-hybridized carbons (Fsp3) is 0.300. The van der Waals surface area contributed by atoms with Crippen molar-refractivity contribution in [2.45, 2.75) is 6.92 Å². The van der Waals surface area contributed by atoms with Gasteiger partial charge in [-0.2, -0.15) is 0 Å². The summed E-state index contributed by atoms with van der Waals surface area (Å²) >= 11 is 0. The SMILES string of the molecule is Cc1cc(OC(=O)N(C)C)ccc1F. The number of benzene rings is 1. The van der Waals surface area contributed by atoms with Gasteiger partial charge in [0.05, 0.1) is 0 Å². The minimum Gasteiger partial charge on any atom is -0.410 e. The van der Waals surface area contributed by atoms with E-state index in [0.717, 1.165) is 0 Å². The second kappa shape index (κ2) is 4.09. The van der Waals surface area contributed by atoms with E-state index in [1.807, 2.05) is 0 Å². The summed E-state index contributed by atoms with van der Waals surface area (Å²) in [4.78, 5) is 12.4. The van der Waals surface area contributed by atoms with Gasteiger partial charge in [0.25, 0.3) is 0 Å². The molecule has 0 aliphatic heterocycles. The average molecular weight is 197 g/mol. The van der Waals surface area contributed by atoms with Crippen molar-refractivity contribution in [2.24, 2.45) is 0 Å². The Morgan fingerprint density at radius 3 is 2.57 bits per heavy atom. The molecule has 1 amide bonds. The van der Waals surface area contributed by atoms with Crippen LogP contribution in [0.5, 0.6) is 5.75 Å². The monoisotopic (exact) mass is 197 g/mol. The summed E-state index contributed by atoms with van der Waals surface area (Å²) in [5, 5.41) is 0. The second-order valence-corrected chi connectivity index (χ2v) is 3.17. The number of hydrogen-bond acceptors (Lipinski definition) is 2. The average Bonchev–Trinajstić information content (AvgIpc) is 2.11. The van der Waals surface area contributed by atoms with Gasteiger partial charge in [-0.25, -0.2) is 9.18 Å². The maximum Gasteiger partial charge on any atom is 0.414 e. The molecule has 4 heteroatoms. The van der Waals surface area contributed by atoms with Gasteiger partial charge in [-0.3, -0.25) is 0 Å². The minimum atomic E-state index is -0.476. The van der Waals surface area contributed by atoms with Crippen molar-refractivity contribution >= 4 is 6.09 Å². The first-order chi connectivity index (χ1) is 6.50. The third-order valence-corrected chi connectivity index (χ3v) is 1.70. The lowest BCUT2D eigenvalue weighted by atomic mass is 10.2. The Labute approximate surface area is 82.1 Å². The number of carbonyl (C=O) groups is 1. The summed E-state index contributed by atoms with van der Waals surface area (Å²) in [6.07, 6.45) is -0.476. The zero-order valence-corrected chi connectivity index (χ0v) is 8.37. The van der Waals surface area contributed by atoms with E-state index in [9.17, 15) is 9.18 Å². The maximum absolute atomic E-state index is 12.8. The standard InChI is InChI=1S/C10H12FNO2/c1-7-6-8(4-5-9(7)11)14-10(13)12(2)3/h4-6H,1-3H3. The fourth-order valence-electron chi connectivity index (χ4n) is 0.873. The first-order valence-electron chi connectivity index (χ1n) is 4.16. The molecule has 0 saturated heterocycles. The van der Waals surface area contributed by atoms with Crippen LogP contribution >= 0.6 is 0 Å². The van der Waals surface area contributed by atoms with Crippen LogP contribution in [-0.2, 0) is 0 Å². The molecule has 0 unspecified atom stereocenters. The van der Waals surface area contributed by atoms with Gasteiger partial charge in [0.15, 0.2) is 0 Å². The van der Waals surface area contributed by atoms with Crippen molar-refractivity contribution in [1.29, 1.82) is 0 Å². The zero-order valence-electron chi connectivity index (χ0n) is 8.37. The lowest BCUT2D eigenvalue weighted by Crippen LogP contribution is -2.25. The van der Waals surface area contributed by atoms with E-state index in [4.69, 9.17) is 4.74 Å². The van der Waals surface area contributed by atoms with Gasteiger partial charge in [-0.05, 0) is 30.7 Å². The highest BCUT2D eigenvalue weighted by Crippen LogP contribution is 2.16. The molecule has 1 rings (SSSR count). The van der Waals surface area contributed by atoms with Crippen molar-refractivity contribution in [3.63, 3.8) is 0 Å². The number of rotatable bonds is 1. The summed E-state index contributed by atoms with van der Waals surface area (Å²) < 4.78 is 17.8. The highest BCUT2D eigenvalue weighted by molar-refractivity contribution is 5.69. The van der Waals surface area contributed by atoms with Crippen molar-refractivity contribution in [2.75, 3.05) is 14.1 Å². The van der Waals surface area contributed by atoms with Gasteiger partial charge < -0.3 is 9.64 Å². The predicted octanol–water partition coefficient (Wildman–Crippen LogP) is 2.19. The quantitative estimate of drug-likeness (QED) is 0.690. The van der Waals surface area contributed by atoms with Crippen LogP contribution in [0.25, 0.3) is 0 Å². The molecular weight excluding hydrogens is 185 g/mol. The van der Waals surface area contributed by atoms with Crippen molar-refractivity contribution < 1.29 is 13.9 Å². The Hall–Kier alpha value is -1.58. The number of amides is 1. The normalized spacial score (nSPS) is 9.71. The molecule has 76 valence electrons. The molecular formula is C10H12FNO2. The molecule has 0 aliphatic rings. The summed E-state index contributed by atoms with van der Waals surface area (Å²) in [5.74, 6) is 0.0391. The van der Waals surface area contributed by atoms with E-state index in [1.165, 1.54) is 23.1 Å². The van der Waals surface area contributed by atoms with Gasteiger partial charge in [-0.15, -0.1) is 0 Å². The molecule has 0 aliphatic carbocycles. The first-order valence-corrected chi connectivity index (χ1v) is 4.16. The van der Waals surface area contributed by atoms with Crippen molar-refractivity contribution in [3.8, 4) is 5.75 Å². The topological polar surface area (TPSA) is 29.5 Å². The Morgan fingerprint density at radius 1 is 1.43 bits per heavy atom. The van der Waals surface area contributed by atoms with Gasteiger partial charge >= 0.3 is 6.09 Å². The van der Waals surface area contributed by atoms with E-state index < -0.39 is 6.09 Å². The maximum atomic E-state index is 12.8. The van der Waals surface area contributed by atoms with Crippen LogP contribution in [0.3, 0.4) is 0 Å². The lowest BCUT2D eigenvalue weighted by molar-refractivity contribution is 0.172. The zero-order chi connectivity index (χ0) is 10.7. The van der Waals surface area contributed by atoms with Gasteiger partial charge in [-0.1, -0.05) is 0 Å². The Bertz CT molecular complexity index is 350. The van der Waals surface area contributed by atoms with E-state index in [-0.39, 0.29) is 5.82 Å². The summed E-state index contributed by atoms with van der Waals surface area (Å²) in [6.45, 7) is 1.61. The molecule has 1 aromatic rings. The molecule has 0 N–H and O–H groups in total. The van der Waals surface area contributed by atoms with Crippen molar-refractivity contribution in [3.05, 3.63) is 29.6 Å². The molecule has 0 radical (unpaired) electrons. The lowest BCUT2D eigenvalue weighted by Gasteiger charge is -2.10. The summed E-state index contributed by atoms with van der Waals surface area (Å²) in [7, 11) is 3.16. The van der Waals surface area contributed by atoms with E-state index >= 15 is 0 Å². The third-order valence-electron chi connectivity index (χ3n) is 1.70. The van der Waals surface area contributed by atoms with Crippen LogP contribution in [0, 0.1) is 12.7 Å². The van der Waals surface area contributed by atoms with Gasteiger partial charge in [0, 0.05) is 14.1 Å².